The third-order valence-electron chi connectivity index (χ3n) is 5.51. The van der Waals surface area contributed by atoms with E-state index in [4.69, 9.17) is 0 Å². The van der Waals surface area contributed by atoms with Gasteiger partial charge in [-0.25, -0.2) is 22.2 Å². The van der Waals surface area contributed by atoms with Gasteiger partial charge in [-0.3, -0.25) is 9.40 Å². The van der Waals surface area contributed by atoms with Crippen LogP contribution in [0.25, 0.3) is 10.9 Å². The molecule has 0 fully saturated rings. The molecule has 2 N–H and O–H groups in total. The van der Waals surface area contributed by atoms with E-state index >= 15 is 0 Å². The minimum Gasteiger partial charge on any atom is -0.312 e. The van der Waals surface area contributed by atoms with Crippen LogP contribution in [0.3, 0.4) is 0 Å². The third-order valence-corrected chi connectivity index (χ3v) is 6.88. The van der Waals surface area contributed by atoms with Gasteiger partial charge in [0.15, 0.2) is 0 Å². The Labute approximate surface area is 183 Å². The minimum atomic E-state index is -4.27. The molecule has 0 atom stereocenters. The van der Waals surface area contributed by atoms with Crippen molar-refractivity contribution in [2.24, 2.45) is 0 Å². The number of anilines is 1. The number of hydrogen-bond donors (Lipinski definition) is 2. The lowest BCUT2D eigenvalue weighted by atomic mass is 9.96. The van der Waals surface area contributed by atoms with E-state index in [2.05, 4.69) is 26.2 Å². The zero-order valence-electron chi connectivity index (χ0n) is 16.8. The average Bonchev–Trinajstić information content (AvgIpc) is 3.16. The molecule has 0 radical (unpaired) electrons. The summed E-state index contributed by atoms with van der Waals surface area (Å²) in [5, 5.41) is 8.21. The second-order valence-corrected chi connectivity index (χ2v) is 9.24. The molecule has 5 rings (SSSR count). The maximum absolute atomic E-state index is 14.9. The summed E-state index contributed by atoms with van der Waals surface area (Å²) in [6.45, 7) is 2.15. The number of nitrogens with one attached hydrogen (secondary N) is 2. The summed E-state index contributed by atoms with van der Waals surface area (Å²) >= 11 is 0. The monoisotopic (exact) mass is 455 g/mol. The minimum absolute atomic E-state index is 0.107. The third kappa shape index (κ3) is 3.82. The first-order chi connectivity index (χ1) is 15.4. The molecule has 2 aromatic heterocycles. The number of rotatable bonds is 5. The molecule has 0 amide bonds. The van der Waals surface area contributed by atoms with Gasteiger partial charge in [0.25, 0.3) is 10.0 Å². The van der Waals surface area contributed by atoms with E-state index < -0.39 is 26.6 Å². The fraction of sp³-hybridized carbons (Fsp3) is 0.182. The zero-order chi connectivity index (χ0) is 22.3. The number of pyridine rings is 1. The second-order valence-electron chi connectivity index (χ2n) is 7.59. The van der Waals surface area contributed by atoms with E-state index in [1.54, 1.807) is 4.68 Å². The number of hydrogen-bond acceptors (Lipinski definition) is 5. The second kappa shape index (κ2) is 7.95. The van der Waals surface area contributed by atoms with Gasteiger partial charge < -0.3 is 5.32 Å². The molecule has 0 spiro atoms. The Balaban J connectivity index is 1.48. The SMILES string of the molecule is O=S(=O)(Nc1ccc(F)cn1)c1cc2cnn(Cc3cccc4c3CNCC4)c2cc1F. The molecule has 10 heteroatoms. The van der Waals surface area contributed by atoms with Crippen LogP contribution in [0.2, 0.25) is 0 Å². The first kappa shape index (κ1) is 20.5. The predicted octanol–water partition coefficient (Wildman–Crippen LogP) is 3.20. The van der Waals surface area contributed by atoms with Crippen molar-refractivity contribution >= 4 is 26.7 Å². The van der Waals surface area contributed by atoms with Crippen molar-refractivity contribution in [1.82, 2.24) is 20.1 Å². The van der Waals surface area contributed by atoms with Gasteiger partial charge in [0.05, 0.1) is 24.5 Å². The number of halogens is 2. The summed E-state index contributed by atoms with van der Waals surface area (Å²) in [7, 11) is -4.27. The topological polar surface area (TPSA) is 88.9 Å². The van der Waals surface area contributed by atoms with Crippen LogP contribution in [-0.2, 0) is 29.5 Å². The van der Waals surface area contributed by atoms with Crippen LogP contribution in [0.4, 0.5) is 14.6 Å². The van der Waals surface area contributed by atoms with Crippen LogP contribution < -0.4 is 10.0 Å². The Kier molecular flexibility index (Phi) is 5.10. The molecule has 2 aromatic carbocycles. The molecule has 164 valence electrons. The van der Waals surface area contributed by atoms with Crippen molar-refractivity contribution in [3.05, 3.63) is 83.2 Å². The predicted molar refractivity (Wildman–Crippen MR) is 116 cm³/mol. The molecule has 1 aliphatic rings. The number of sulfonamides is 1. The highest BCUT2D eigenvalue weighted by Gasteiger charge is 2.22. The molecular weight excluding hydrogens is 436 g/mol. The van der Waals surface area contributed by atoms with Crippen LogP contribution >= 0.6 is 0 Å². The van der Waals surface area contributed by atoms with Crippen molar-refractivity contribution in [1.29, 1.82) is 0 Å². The fourth-order valence-corrected chi connectivity index (χ4v) is 5.04. The van der Waals surface area contributed by atoms with Gasteiger partial charge in [-0.1, -0.05) is 18.2 Å². The molecule has 1 aliphatic heterocycles. The van der Waals surface area contributed by atoms with Gasteiger partial charge in [-0.2, -0.15) is 5.10 Å². The quantitative estimate of drug-likeness (QED) is 0.483. The Morgan fingerprint density at radius 3 is 2.81 bits per heavy atom. The van der Waals surface area contributed by atoms with E-state index in [-0.39, 0.29) is 5.82 Å². The lowest BCUT2D eigenvalue weighted by Crippen LogP contribution is -2.25. The van der Waals surface area contributed by atoms with Gasteiger partial charge in [-0.15, -0.1) is 0 Å². The Hall–Kier alpha value is -3.37. The molecule has 0 saturated heterocycles. The molecule has 0 saturated carbocycles. The molecule has 4 aromatic rings. The molecule has 0 bridgehead atoms. The largest absolute Gasteiger partial charge is 0.312 e. The van der Waals surface area contributed by atoms with Crippen LogP contribution in [0.15, 0.2) is 59.8 Å². The van der Waals surface area contributed by atoms with Crippen molar-refractivity contribution in [2.75, 3.05) is 11.3 Å². The molecule has 3 heterocycles. The highest BCUT2D eigenvalue weighted by atomic mass is 32.2. The van der Waals surface area contributed by atoms with Crippen LogP contribution in [-0.4, -0.2) is 29.7 Å². The fourth-order valence-electron chi connectivity index (χ4n) is 3.94. The van der Waals surface area contributed by atoms with E-state index in [1.807, 2.05) is 12.1 Å². The van der Waals surface area contributed by atoms with Gasteiger partial charge in [0, 0.05) is 18.0 Å². The maximum Gasteiger partial charge on any atom is 0.265 e. The number of fused-ring (bicyclic) bond motifs is 2. The zero-order valence-corrected chi connectivity index (χ0v) is 17.7. The first-order valence-corrected chi connectivity index (χ1v) is 11.5. The Morgan fingerprint density at radius 2 is 2.00 bits per heavy atom. The van der Waals surface area contributed by atoms with Crippen molar-refractivity contribution in [3.8, 4) is 0 Å². The van der Waals surface area contributed by atoms with Crippen molar-refractivity contribution < 1.29 is 17.2 Å². The molecule has 32 heavy (non-hydrogen) atoms. The summed E-state index contributed by atoms with van der Waals surface area (Å²) in [6.07, 6.45) is 3.34. The van der Waals surface area contributed by atoms with Crippen LogP contribution in [0.1, 0.15) is 16.7 Å². The lowest BCUT2D eigenvalue weighted by Gasteiger charge is -2.20. The highest BCUT2D eigenvalue weighted by Crippen LogP contribution is 2.26. The van der Waals surface area contributed by atoms with Gasteiger partial charge >= 0.3 is 0 Å². The van der Waals surface area contributed by atoms with E-state index in [0.717, 1.165) is 43.4 Å². The molecule has 0 aliphatic carbocycles. The van der Waals surface area contributed by atoms with Crippen molar-refractivity contribution in [2.45, 2.75) is 24.4 Å². The smallest absolute Gasteiger partial charge is 0.265 e. The summed E-state index contributed by atoms with van der Waals surface area (Å²) in [4.78, 5) is 3.13. The number of aromatic nitrogens is 3. The van der Waals surface area contributed by atoms with Gasteiger partial charge in [0.2, 0.25) is 0 Å². The van der Waals surface area contributed by atoms with E-state index in [0.29, 0.717) is 17.4 Å². The number of benzene rings is 2. The molecular formula is C22H19F2N5O2S. The van der Waals surface area contributed by atoms with E-state index in [1.165, 1.54) is 29.5 Å². The summed E-state index contributed by atoms with van der Waals surface area (Å²) in [5.74, 6) is -1.63. The summed E-state index contributed by atoms with van der Waals surface area (Å²) in [5.41, 5.74) is 4.08. The normalized spacial score (nSPS) is 13.8. The summed E-state index contributed by atoms with van der Waals surface area (Å²) in [6, 6.07) is 10.8. The molecule has 7 nitrogen and oxygen atoms in total. The van der Waals surface area contributed by atoms with Crippen molar-refractivity contribution in [3.63, 3.8) is 0 Å². The van der Waals surface area contributed by atoms with Gasteiger partial charge in [0.1, 0.15) is 22.3 Å². The first-order valence-electron chi connectivity index (χ1n) is 10.0. The summed E-state index contributed by atoms with van der Waals surface area (Å²) < 4.78 is 57.1. The Morgan fingerprint density at radius 1 is 1.12 bits per heavy atom. The lowest BCUT2D eigenvalue weighted by molar-refractivity contribution is 0.570. The highest BCUT2D eigenvalue weighted by molar-refractivity contribution is 7.92. The Bertz CT molecular complexity index is 1420. The average molecular weight is 455 g/mol. The van der Waals surface area contributed by atoms with E-state index in [9.17, 15) is 17.2 Å². The molecule has 0 unspecified atom stereocenters. The van der Waals surface area contributed by atoms with Crippen LogP contribution in [0, 0.1) is 11.6 Å². The van der Waals surface area contributed by atoms with Gasteiger partial charge in [-0.05, 0) is 47.9 Å². The van der Waals surface area contributed by atoms with Crippen LogP contribution in [0.5, 0.6) is 0 Å². The standard InChI is InChI=1S/C22H19F2N5O2S/c23-17-4-5-22(26-11-17)28-32(30,31)21-8-16-10-27-29(20(16)9-19(21)24)13-15-3-1-2-14-6-7-25-12-18(14)15/h1-5,8-11,25H,6-7,12-13H2,(H,26,28). The maximum atomic E-state index is 14.9. The number of nitrogens with zero attached hydrogens (tertiary/aromatic N) is 3.